The number of rotatable bonds is 3. The van der Waals surface area contributed by atoms with Gasteiger partial charge in [0.25, 0.3) is 6.54 Å². The fraction of sp³-hybridized carbons (Fsp3) is 0.500. The van der Waals surface area contributed by atoms with E-state index in [0.717, 1.165) is 0 Å². The molecule has 0 aromatic heterocycles. The summed E-state index contributed by atoms with van der Waals surface area (Å²) in [6.45, 7) is 6.05. The van der Waals surface area contributed by atoms with Crippen LogP contribution in [0.15, 0.2) is 0 Å². The Bertz CT molecular complexity index is 180. The molecule has 4 nitrogen and oxygen atoms in total. The summed E-state index contributed by atoms with van der Waals surface area (Å²) in [7, 11) is 1.20. The van der Waals surface area contributed by atoms with Crippen molar-refractivity contribution in [3.8, 4) is 0 Å². The number of Topliss-reactive ketones (excluding diaryl/α,β-unsaturated/α-hetero) is 1. The molecule has 0 bridgehead atoms. The van der Waals surface area contributed by atoms with E-state index in [1.54, 1.807) is 0 Å². The highest BCUT2D eigenvalue weighted by Crippen LogP contribution is 1.86. The van der Waals surface area contributed by atoms with E-state index >= 15 is 0 Å². The van der Waals surface area contributed by atoms with Crippen molar-refractivity contribution in [3.05, 3.63) is 11.4 Å². The monoisotopic (exact) mass is 141 g/mol. The molecule has 0 aliphatic carbocycles. The van der Waals surface area contributed by atoms with Gasteiger partial charge in [0.2, 0.25) is 5.78 Å². The van der Waals surface area contributed by atoms with Crippen LogP contribution in [-0.4, -0.2) is 25.4 Å². The first-order chi connectivity index (χ1) is 4.70. The quantitative estimate of drug-likeness (QED) is 0.316. The van der Waals surface area contributed by atoms with E-state index in [9.17, 15) is 9.59 Å². The van der Waals surface area contributed by atoms with Crippen LogP contribution >= 0.6 is 0 Å². The van der Waals surface area contributed by atoms with E-state index in [1.165, 1.54) is 7.11 Å². The number of methoxy groups -OCH3 is 1. The molecule has 0 saturated carbocycles. The number of carbonyl (C=O) groups is 2. The summed E-state index contributed by atoms with van der Waals surface area (Å²) in [6, 6.07) is 0. The highest BCUT2D eigenvalue weighted by atomic mass is 16.5. The number of esters is 1. The van der Waals surface area contributed by atoms with E-state index < -0.39 is 11.8 Å². The fourth-order valence-corrected chi connectivity index (χ4v) is 0.377. The average Bonchev–Trinajstić information content (AvgIpc) is 1.88. The normalized spacial score (nSPS) is 8.00. The van der Waals surface area contributed by atoms with Crippen molar-refractivity contribution in [1.82, 2.24) is 0 Å². The van der Waals surface area contributed by atoms with Crippen molar-refractivity contribution < 1.29 is 14.3 Å². The van der Waals surface area contributed by atoms with Gasteiger partial charge in [0, 0.05) is 0 Å². The Kier molecular flexibility index (Phi) is 3.89. The highest BCUT2D eigenvalue weighted by Gasteiger charge is 2.10. The molecule has 0 fully saturated rings. The molecule has 0 aliphatic heterocycles. The van der Waals surface area contributed by atoms with Crippen molar-refractivity contribution in [3.63, 3.8) is 0 Å². The molecule has 0 atom stereocenters. The Labute approximate surface area is 58.6 Å². The van der Waals surface area contributed by atoms with Gasteiger partial charge in [-0.1, -0.05) is 0 Å². The van der Waals surface area contributed by atoms with Gasteiger partial charge >= 0.3 is 5.97 Å². The van der Waals surface area contributed by atoms with Crippen LogP contribution in [0.2, 0.25) is 0 Å². The van der Waals surface area contributed by atoms with Gasteiger partial charge in [-0.15, -0.1) is 0 Å². The Balaban J connectivity index is 3.60. The first kappa shape index (κ1) is 8.63. The second-order valence-corrected chi connectivity index (χ2v) is 1.61. The van der Waals surface area contributed by atoms with E-state index in [-0.39, 0.29) is 13.0 Å². The van der Waals surface area contributed by atoms with Crippen molar-refractivity contribution >= 4 is 11.8 Å². The first-order valence-electron chi connectivity index (χ1n) is 2.62. The Hall–Kier alpha value is -1.37. The second-order valence-electron chi connectivity index (χ2n) is 1.61. The summed E-state index contributed by atoms with van der Waals surface area (Å²) < 4.78 is 4.20. The molecule has 0 aliphatic rings. The Morgan fingerprint density at radius 2 is 2.20 bits per heavy atom. The van der Waals surface area contributed by atoms with Gasteiger partial charge in [-0.25, -0.2) is 6.57 Å². The number of ketones is 1. The SMILES string of the molecule is [C-]#[N+]CC(=O)CC(=O)OC. The number of carbonyl (C=O) groups excluding carboxylic acids is 2. The van der Waals surface area contributed by atoms with Gasteiger partial charge in [-0.05, 0) is 0 Å². The lowest BCUT2D eigenvalue weighted by Gasteiger charge is -1.91. The molecular weight excluding hydrogens is 134 g/mol. The Morgan fingerprint density at radius 1 is 1.60 bits per heavy atom. The summed E-state index contributed by atoms with van der Waals surface area (Å²) in [5.74, 6) is -0.990. The predicted octanol–water partition coefficient (Wildman–Crippen LogP) is 0.0379. The molecule has 0 amide bonds. The molecule has 4 heteroatoms. The molecule has 0 aromatic carbocycles. The molecule has 10 heavy (non-hydrogen) atoms. The van der Waals surface area contributed by atoms with Gasteiger partial charge in [0.1, 0.15) is 6.42 Å². The summed E-state index contributed by atoms with van der Waals surface area (Å²) in [5.41, 5.74) is 0. The van der Waals surface area contributed by atoms with Crippen molar-refractivity contribution in [2.24, 2.45) is 0 Å². The molecule has 0 unspecified atom stereocenters. The predicted molar refractivity (Wildman–Crippen MR) is 33.1 cm³/mol. The third kappa shape index (κ3) is 3.61. The van der Waals surface area contributed by atoms with E-state index in [4.69, 9.17) is 6.57 Å². The van der Waals surface area contributed by atoms with Gasteiger partial charge in [-0.2, -0.15) is 0 Å². The summed E-state index contributed by atoms with van der Waals surface area (Å²) in [4.78, 5) is 23.7. The van der Waals surface area contributed by atoms with Gasteiger partial charge in [-0.3, -0.25) is 9.59 Å². The maximum Gasteiger partial charge on any atom is 0.313 e. The highest BCUT2D eigenvalue weighted by molar-refractivity contribution is 5.97. The van der Waals surface area contributed by atoms with E-state index in [0.29, 0.717) is 0 Å². The van der Waals surface area contributed by atoms with Crippen molar-refractivity contribution in [1.29, 1.82) is 0 Å². The lowest BCUT2D eigenvalue weighted by Crippen LogP contribution is -2.10. The minimum Gasteiger partial charge on any atom is -0.469 e. The molecule has 0 radical (unpaired) electrons. The van der Waals surface area contributed by atoms with Crippen LogP contribution in [-0.2, 0) is 14.3 Å². The molecule has 0 spiro atoms. The van der Waals surface area contributed by atoms with Crippen LogP contribution in [0.4, 0.5) is 0 Å². The third-order valence-corrected chi connectivity index (χ3v) is 0.825. The lowest BCUT2D eigenvalue weighted by molar-refractivity contribution is -0.143. The first-order valence-corrected chi connectivity index (χ1v) is 2.62. The number of hydrogen-bond acceptors (Lipinski definition) is 3. The molecule has 0 N–H and O–H groups in total. The van der Waals surface area contributed by atoms with Crippen LogP contribution in [0.3, 0.4) is 0 Å². The van der Waals surface area contributed by atoms with E-state index in [2.05, 4.69) is 9.58 Å². The van der Waals surface area contributed by atoms with E-state index in [1.807, 2.05) is 0 Å². The van der Waals surface area contributed by atoms with Gasteiger partial charge in [0.05, 0.1) is 7.11 Å². The zero-order valence-corrected chi connectivity index (χ0v) is 5.59. The van der Waals surface area contributed by atoms with Crippen LogP contribution < -0.4 is 0 Å². The largest absolute Gasteiger partial charge is 0.469 e. The molecule has 54 valence electrons. The van der Waals surface area contributed by atoms with Crippen molar-refractivity contribution in [2.75, 3.05) is 13.7 Å². The standard InChI is InChI=1S/C6H7NO3/c1-7-4-5(8)3-6(9)10-2/h3-4H2,2H3. The summed E-state index contributed by atoms with van der Waals surface area (Å²) in [5, 5.41) is 0. The van der Waals surface area contributed by atoms with Crippen molar-refractivity contribution in [2.45, 2.75) is 6.42 Å². The minimum absolute atomic E-state index is 0.241. The molecular formula is C6H7NO3. The van der Waals surface area contributed by atoms with Crippen LogP contribution in [0.25, 0.3) is 4.85 Å². The zero-order chi connectivity index (χ0) is 7.98. The number of hydrogen-bond donors (Lipinski definition) is 0. The van der Waals surface area contributed by atoms with Gasteiger partial charge in [0.15, 0.2) is 0 Å². The van der Waals surface area contributed by atoms with Crippen LogP contribution in [0.5, 0.6) is 0 Å². The second kappa shape index (κ2) is 4.50. The Morgan fingerprint density at radius 3 is 2.60 bits per heavy atom. The molecule has 0 heterocycles. The maximum atomic E-state index is 10.5. The lowest BCUT2D eigenvalue weighted by atomic mass is 10.3. The topological polar surface area (TPSA) is 47.7 Å². The fourth-order valence-electron chi connectivity index (χ4n) is 0.377. The zero-order valence-electron chi connectivity index (χ0n) is 5.59. The smallest absolute Gasteiger partial charge is 0.313 e. The molecule has 0 aromatic rings. The third-order valence-electron chi connectivity index (χ3n) is 0.825. The van der Waals surface area contributed by atoms with Crippen LogP contribution in [0, 0.1) is 6.57 Å². The summed E-state index contributed by atoms with van der Waals surface area (Å²) in [6.07, 6.45) is -0.293. The average molecular weight is 141 g/mol. The molecule has 0 rings (SSSR count). The number of nitrogens with zero attached hydrogens (tertiary/aromatic N) is 1. The number of ether oxygens (including phenoxy) is 1. The minimum atomic E-state index is -0.589. The summed E-state index contributed by atoms with van der Waals surface area (Å²) >= 11 is 0. The van der Waals surface area contributed by atoms with Gasteiger partial charge < -0.3 is 9.58 Å². The molecule has 0 saturated heterocycles. The van der Waals surface area contributed by atoms with Crippen LogP contribution in [0.1, 0.15) is 6.42 Å². The maximum absolute atomic E-state index is 10.5.